The number of carboxylic acids is 1. The van der Waals surface area contributed by atoms with Gasteiger partial charge in [-0.2, -0.15) is 0 Å². The van der Waals surface area contributed by atoms with Crippen molar-refractivity contribution in [3.8, 4) is 0 Å². The van der Waals surface area contributed by atoms with Gasteiger partial charge in [0.15, 0.2) is 0 Å². The molecule has 1 amide bonds. The summed E-state index contributed by atoms with van der Waals surface area (Å²) < 4.78 is 5.19. The van der Waals surface area contributed by atoms with E-state index in [9.17, 15) is 9.59 Å². The minimum atomic E-state index is -0.816. The van der Waals surface area contributed by atoms with E-state index in [1.807, 2.05) is 13.8 Å². The Morgan fingerprint density at radius 1 is 1.41 bits per heavy atom. The number of ether oxygens (including phenoxy) is 1. The number of rotatable bonds is 5. The van der Waals surface area contributed by atoms with Crippen molar-refractivity contribution in [3.63, 3.8) is 0 Å². The molecule has 1 N–H and O–H groups in total. The molecular weight excluding hydrogens is 222 g/mol. The Kier molecular flexibility index (Phi) is 5.41. The quantitative estimate of drug-likeness (QED) is 0.731. The van der Waals surface area contributed by atoms with Crippen molar-refractivity contribution in [1.82, 2.24) is 4.90 Å². The van der Waals surface area contributed by atoms with Crippen LogP contribution in [0.25, 0.3) is 0 Å². The number of piperidine rings is 1. The van der Waals surface area contributed by atoms with E-state index in [2.05, 4.69) is 0 Å². The van der Waals surface area contributed by atoms with Gasteiger partial charge >= 0.3 is 5.97 Å². The molecule has 2 atom stereocenters. The van der Waals surface area contributed by atoms with Crippen LogP contribution in [0.4, 0.5) is 0 Å². The van der Waals surface area contributed by atoms with E-state index in [1.165, 1.54) is 0 Å². The smallest absolute Gasteiger partial charge is 0.308 e. The molecule has 5 heteroatoms. The molecule has 1 aliphatic heterocycles. The zero-order valence-electron chi connectivity index (χ0n) is 10.5. The van der Waals surface area contributed by atoms with Gasteiger partial charge in [0.2, 0.25) is 5.91 Å². The Morgan fingerprint density at radius 2 is 2.12 bits per heavy atom. The van der Waals surface area contributed by atoms with Crippen molar-refractivity contribution < 1.29 is 19.4 Å². The summed E-state index contributed by atoms with van der Waals surface area (Å²) in [7, 11) is 0. The summed E-state index contributed by atoms with van der Waals surface area (Å²) in [6.07, 6.45) is 1.52. The molecule has 0 aromatic heterocycles. The first kappa shape index (κ1) is 14.0. The van der Waals surface area contributed by atoms with Crippen molar-refractivity contribution in [3.05, 3.63) is 0 Å². The number of likely N-dealkylation sites (tertiary alicyclic amines) is 1. The summed E-state index contributed by atoms with van der Waals surface area (Å²) in [5, 5.41) is 9.00. The molecular formula is C12H21NO4. The first-order valence-electron chi connectivity index (χ1n) is 6.12. The Hall–Kier alpha value is -1.10. The van der Waals surface area contributed by atoms with E-state index in [4.69, 9.17) is 9.84 Å². The van der Waals surface area contributed by atoms with Crippen LogP contribution >= 0.6 is 0 Å². The standard InChI is InChI=1S/C12H21NO4/c1-3-4-17-8-11(14)13-6-9(2)5-10(7-13)12(15)16/h9-10H,3-8H2,1-2H3,(H,15,16). The summed E-state index contributed by atoms with van der Waals surface area (Å²) in [4.78, 5) is 24.4. The van der Waals surface area contributed by atoms with Crippen LogP contribution < -0.4 is 0 Å². The molecule has 98 valence electrons. The van der Waals surface area contributed by atoms with Gasteiger partial charge in [-0.3, -0.25) is 9.59 Å². The summed E-state index contributed by atoms with van der Waals surface area (Å²) in [5.41, 5.74) is 0. The van der Waals surface area contributed by atoms with Crippen LogP contribution in [-0.4, -0.2) is 48.2 Å². The minimum Gasteiger partial charge on any atom is -0.481 e. The molecule has 5 nitrogen and oxygen atoms in total. The van der Waals surface area contributed by atoms with E-state index >= 15 is 0 Å². The zero-order valence-corrected chi connectivity index (χ0v) is 10.5. The minimum absolute atomic E-state index is 0.0624. The Labute approximate surface area is 102 Å². The fraction of sp³-hybridized carbons (Fsp3) is 0.833. The number of aliphatic carboxylic acids is 1. The Bertz CT molecular complexity index is 280. The Morgan fingerprint density at radius 3 is 2.71 bits per heavy atom. The lowest BCUT2D eigenvalue weighted by atomic mass is 9.90. The Balaban J connectivity index is 2.46. The highest BCUT2D eigenvalue weighted by molar-refractivity contribution is 5.79. The van der Waals surface area contributed by atoms with Crippen molar-refractivity contribution in [2.45, 2.75) is 26.7 Å². The summed E-state index contributed by atoms with van der Waals surface area (Å²) >= 11 is 0. The number of carbonyl (C=O) groups excluding carboxylic acids is 1. The van der Waals surface area contributed by atoms with E-state index in [-0.39, 0.29) is 18.4 Å². The molecule has 0 bridgehead atoms. The normalized spacial score (nSPS) is 24.7. The van der Waals surface area contributed by atoms with Crippen LogP contribution in [0.15, 0.2) is 0 Å². The van der Waals surface area contributed by atoms with Crippen LogP contribution in [0.1, 0.15) is 26.7 Å². The first-order chi connectivity index (χ1) is 8.04. The fourth-order valence-electron chi connectivity index (χ4n) is 2.13. The lowest BCUT2D eigenvalue weighted by molar-refractivity contribution is -0.148. The SMILES string of the molecule is CCCOCC(=O)N1CC(C)CC(C(=O)O)C1. The predicted molar refractivity (Wildman–Crippen MR) is 62.6 cm³/mol. The largest absolute Gasteiger partial charge is 0.481 e. The van der Waals surface area contributed by atoms with Crippen LogP contribution in [0.3, 0.4) is 0 Å². The monoisotopic (exact) mass is 243 g/mol. The van der Waals surface area contributed by atoms with E-state index in [0.29, 0.717) is 26.1 Å². The fourth-order valence-corrected chi connectivity index (χ4v) is 2.13. The molecule has 0 aliphatic carbocycles. The van der Waals surface area contributed by atoms with Crippen LogP contribution in [0.5, 0.6) is 0 Å². The second-order valence-electron chi connectivity index (χ2n) is 4.73. The molecule has 1 fully saturated rings. The highest BCUT2D eigenvalue weighted by Gasteiger charge is 2.31. The van der Waals surface area contributed by atoms with Gasteiger partial charge < -0.3 is 14.7 Å². The predicted octanol–water partition coefficient (Wildman–Crippen LogP) is 0.982. The average Bonchev–Trinajstić information content (AvgIpc) is 2.28. The van der Waals surface area contributed by atoms with Gasteiger partial charge in [0, 0.05) is 19.7 Å². The second kappa shape index (κ2) is 6.59. The number of nitrogens with zero attached hydrogens (tertiary/aromatic N) is 1. The summed E-state index contributed by atoms with van der Waals surface area (Å²) in [6.45, 7) is 5.53. The van der Waals surface area contributed by atoms with Crippen LogP contribution in [-0.2, 0) is 14.3 Å². The third-order valence-electron chi connectivity index (χ3n) is 2.94. The molecule has 17 heavy (non-hydrogen) atoms. The van der Waals surface area contributed by atoms with E-state index in [1.54, 1.807) is 4.90 Å². The lowest BCUT2D eigenvalue weighted by Gasteiger charge is -2.34. The summed E-state index contributed by atoms with van der Waals surface area (Å²) in [6, 6.07) is 0. The van der Waals surface area contributed by atoms with Crippen molar-refractivity contribution in [2.24, 2.45) is 11.8 Å². The van der Waals surface area contributed by atoms with Crippen molar-refractivity contribution in [1.29, 1.82) is 0 Å². The molecule has 0 radical (unpaired) electrons. The number of amides is 1. The van der Waals surface area contributed by atoms with Gasteiger partial charge in [-0.1, -0.05) is 13.8 Å². The average molecular weight is 243 g/mol. The maximum Gasteiger partial charge on any atom is 0.308 e. The molecule has 0 aromatic rings. The number of hydrogen-bond donors (Lipinski definition) is 1. The van der Waals surface area contributed by atoms with E-state index < -0.39 is 11.9 Å². The van der Waals surface area contributed by atoms with Gasteiger partial charge in [0.1, 0.15) is 6.61 Å². The van der Waals surface area contributed by atoms with Gasteiger partial charge in [-0.05, 0) is 18.8 Å². The van der Waals surface area contributed by atoms with Crippen molar-refractivity contribution in [2.75, 3.05) is 26.3 Å². The second-order valence-corrected chi connectivity index (χ2v) is 4.73. The maximum absolute atomic E-state index is 11.8. The zero-order chi connectivity index (χ0) is 12.8. The summed E-state index contributed by atoms with van der Waals surface area (Å²) in [5.74, 6) is -1.12. The molecule has 0 spiro atoms. The maximum atomic E-state index is 11.8. The molecule has 1 heterocycles. The molecule has 1 rings (SSSR count). The third kappa shape index (κ3) is 4.34. The molecule has 1 saturated heterocycles. The molecule has 0 saturated carbocycles. The highest BCUT2D eigenvalue weighted by atomic mass is 16.5. The number of hydrogen-bond acceptors (Lipinski definition) is 3. The molecule has 2 unspecified atom stereocenters. The highest BCUT2D eigenvalue weighted by Crippen LogP contribution is 2.21. The molecule has 0 aromatic carbocycles. The van der Waals surface area contributed by atoms with Crippen molar-refractivity contribution >= 4 is 11.9 Å². The van der Waals surface area contributed by atoms with Crippen LogP contribution in [0.2, 0.25) is 0 Å². The number of carbonyl (C=O) groups is 2. The lowest BCUT2D eigenvalue weighted by Crippen LogP contribution is -2.46. The first-order valence-corrected chi connectivity index (χ1v) is 6.12. The third-order valence-corrected chi connectivity index (χ3v) is 2.94. The van der Waals surface area contributed by atoms with Gasteiger partial charge in [0.25, 0.3) is 0 Å². The molecule has 1 aliphatic rings. The van der Waals surface area contributed by atoms with E-state index in [0.717, 1.165) is 6.42 Å². The number of carboxylic acid groups (broad SMARTS) is 1. The van der Waals surface area contributed by atoms with Crippen LogP contribution in [0, 0.1) is 11.8 Å². The van der Waals surface area contributed by atoms with Gasteiger partial charge in [-0.25, -0.2) is 0 Å². The van der Waals surface area contributed by atoms with Gasteiger partial charge in [-0.15, -0.1) is 0 Å². The topological polar surface area (TPSA) is 66.8 Å². The van der Waals surface area contributed by atoms with Gasteiger partial charge in [0.05, 0.1) is 5.92 Å².